The lowest BCUT2D eigenvalue weighted by molar-refractivity contribution is 0.0950. The molecule has 126 valence electrons. The number of amides is 1. The number of halogens is 1. The van der Waals surface area contributed by atoms with Gasteiger partial charge in [0.25, 0.3) is 5.91 Å². The second kappa shape index (κ2) is 7.97. The molecule has 1 aliphatic rings. The zero-order valence-corrected chi connectivity index (χ0v) is 14.9. The Morgan fingerprint density at radius 1 is 1.50 bits per heavy atom. The molecule has 1 saturated heterocycles. The number of nitrogens with one attached hydrogen (secondary N) is 2. The van der Waals surface area contributed by atoms with Gasteiger partial charge in [0.1, 0.15) is 0 Å². The van der Waals surface area contributed by atoms with E-state index in [1.54, 1.807) is 6.20 Å². The molecule has 1 atom stereocenters. The predicted octanol–water partition coefficient (Wildman–Crippen LogP) is 2.35. The molecule has 1 aliphatic heterocycles. The van der Waals surface area contributed by atoms with Gasteiger partial charge in [0.15, 0.2) is 0 Å². The van der Waals surface area contributed by atoms with Crippen LogP contribution in [0.2, 0.25) is 0 Å². The second-order valence-electron chi connectivity index (χ2n) is 6.84. The molecular weight excluding hydrogens is 300 g/mol. The monoisotopic (exact) mass is 328 g/mol. The first kappa shape index (κ1) is 19.0. The fourth-order valence-electron chi connectivity index (χ4n) is 2.93. The third kappa shape index (κ3) is 4.46. The topological polar surface area (TPSA) is 59.0 Å². The van der Waals surface area contributed by atoms with Crippen LogP contribution >= 0.6 is 12.4 Å². The number of carbonyl (C=O) groups excluding carboxylic acids is 1. The Morgan fingerprint density at radius 2 is 2.23 bits per heavy atom. The summed E-state index contributed by atoms with van der Waals surface area (Å²) < 4.78 is 1.96. The van der Waals surface area contributed by atoms with E-state index in [4.69, 9.17) is 0 Å². The van der Waals surface area contributed by atoms with Gasteiger partial charge in [0.2, 0.25) is 0 Å². The first-order chi connectivity index (χ1) is 9.93. The summed E-state index contributed by atoms with van der Waals surface area (Å²) in [6.45, 7) is 11.3. The van der Waals surface area contributed by atoms with Gasteiger partial charge in [-0.15, -0.1) is 12.4 Å². The normalized spacial score (nSPS) is 18.1. The SMILES string of the molecule is CCc1c(C(=O)NCCC2CCNC2)cnn1C(C)(C)C.Cl. The van der Waals surface area contributed by atoms with E-state index in [-0.39, 0.29) is 23.9 Å². The lowest BCUT2D eigenvalue weighted by atomic mass is 10.0. The number of hydrogen-bond donors (Lipinski definition) is 2. The van der Waals surface area contributed by atoms with Crippen LogP contribution in [0.25, 0.3) is 0 Å². The van der Waals surface area contributed by atoms with Crippen molar-refractivity contribution in [1.82, 2.24) is 20.4 Å². The molecule has 5 nitrogen and oxygen atoms in total. The molecule has 1 aromatic rings. The molecule has 0 radical (unpaired) electrons. The predicted molar refractivity (Wildman–Crippen MR) is 91.8 cm³/mol. The maximum Gasteiger partial charge on any atom is 0.254 e. The van der Waals surface area contributed by atoms with Gasteiger partial charge >= 0.3 is 0 Å². The minimum Gasteiger partial charge on any atom is -0.352 e. The molecule has 1 fully saturated rings. The summed E-state index contributed by atoms with van der Waals surface area (Å²) in [6.07, 6.45) is 4.79. The van der Waals surface area contributed by atoms with E-state index in [2.05, 4.69) is 43.4 Å². The van der Waals surface area contributed by atoms with E-state index in [9.17, 15) is 4.79 Å². The smallest absolute Gasteiger partial charge is 0.254 e. The molecule has 0 spiro atoms. The van der Waals surface area contributed by atoms with Crippen LogP contribution in [-0.2, 0) is 12.0 Å². The highest BCUT2D eigenvalue weighted by Crippen LogP contribution is 2.19. The summed E-state index contributed by atoms with van der Waals surface area (Å²) in [5, 5.41) is 10.8. The number of rotatable bonds is 5. The van der Waals surface area contributed by atoms with Crippen LogP contribution < -0.4 is 10.6 Å². The van der Waals surface area contributed by atoms with Gasteiger partial charge < -0.3 is 10.6 Å². The minimum absolute atomic E-state index is 0. The highest BCUT2D eigenvalue weighted by Gasteiger charge is 2.23. The van der Waals surface area contributed by atoms with E-state index in [0.717, 1.165) is 43.7 Å². The number of carbonyl (C=O) groups is 1. The molecule has 6 heteroatoms. The molecule has 2 N–H and O–H groups in total. The average molecular weight is 329 g/mol. The van der Waals surface area contributed by atoms with Crippen molar-refractivity contribution in [3.8, 4) is 0 Å². The Labute approximate surface area is 139 Å². The summed E-state index contributed by atoms with van der Waals surface area (Å²) in [5.74, 6) is 0.710. The van der Waals surface area contributed by atoms with E-state index in [1.807, 2.05) is 4.68 Å². The van der Waals surface area contributed by atoms with Crippen LogP contribution in [0.15, 0.2) is 6.20 Å². The van der Waals surface area contributed by atoms with Crippen LogP contribution in [0.3, 0.4) is 0 Å². The Bertz CT molecular complexity index is 487. The van der Waals surface area contributed by atoms with Crippen molar-refractivity contribution in [3.05, 3.63) is 17.5 Å². The molecule has 0 saturated carbocycles. The summed E-state index contributed by atoms with van der Waals surface area (Å²) in [4.78, 5) is 12.4. The van der Waals surface area contributed by atoms with Crippen LogP contribution in [0, 0.1) is 5.92 Å². The fraction of sp³-hybridized carbons (Fsp3) is 0.750. The maximum absolute atomic E-state index is 12.4. The highest BCUT2D eigenvalue weighted by molar-refractivity contribution is 5.95. The third-order valence-electron chi connectivity index (χ3n) is 4.08. The largest absolute Gasteiger partial charge is 0.352 e. The van der Waals surface area contributed by atoms with Gasteiger partial charge in [-0.05, 0) is 59.0 Å². The maximum atomic E-state index is 12.4. The van der Waals surface area contributed by atoms with Crippen molar-refractivity contribution < 1.29 is 4.79 Å². The standard InChI is InChI=1S/C16H28N4O.ClH/c1-5-14-13(11-19-20(14)16(2,3)4)15(21)18-9-7-12-6-8-17-10-12;/h11-12,17H,5-10H2,1-4H3,(H,18,21);1H. The minimum atomic E-state index is -0.0978. The van der Waals surface area contributed by atoms with Crippen molar-refractivity contribution in [2.24, 2.45) is 5.92 Å². The summed E-state index contributed by atoms with van der Waals surface area (Å²) >= 11 is 0. The first-order valence-corrected chi connectivity index (χ1v) is 7.99. The zero-order chi connectivity index (χ0) is 15.5. The summed E-state index contributed by atoms with van der Waals surface area (Å²) in [7, 11) is 0. The molecule has 0 aromatic carbocycles. The highest BCUT2D eigenvalue weighted by atomic mass is 35.5. The van der Waals surface area contributed by atoms with Crippen molar-refractivity contribution in [2.45, 2.75) is 52.5 Å². The molecule has 1 amide bonds. The number of hydrogen-bond acceptors (Lipinski definition) is 3. The Kier molecular flexibility index (Phi) is 6.88. The van der Waals surface area contributed by atoms with E-state index in [1.165, 1.54) is 6.42 Å². The average Bonchev–Trinajstić information content (AvgIpc) is 3.06. The number of aromatic nitrogens is 2. The third-order valence-corrected chi connectivity index (χ3v) is 4.08. The van der Waals surface area contributed by atoms with Crippen molar-refractivity contribution >= 4 is 18.3 Å². The van der Waals surface area contributed by atoms with E-state index >= 15 is 0 Å². The van der Waals surface area contributed by atoms with E-state index in [0.29, 0.717) is 5.92 Å². The second-order valence-corrected chi connectivity index (χ2v) is 6.84. The molecule has 2 rings (SSSR count). The van der Waals surface area contributed by atoms with Gasteiger partial charge in [-0.25, -0.2) is 0 Å². The molecule has 0 aliphatic carbocycles. The fourth-order valence-corrected chi connectivity index (χ4v) is 2.93. The van der Waals surface area contributed by atoms with Crippen LogP contribution in [0.5, 0.6) is 0 Å². The molecule has 1 aromatic heterocycles. The Hall–Kier alpha value is -1.07. The van der Waals surface area contributed by atoms with Gasteiger partial charge in [0.05, 0.1) is 23.0 Å². The summed E-state index contributed by atoms with van der Waals surface area (Å²) in [6, 6.07) is 0. The quantitative estimate of drug-likeness (QED) is 0.872. The Balaban J connectivity index is 0.00000242. The van der Waals surface area contributed by atoms with Crippen LogP contribution in [-0.4, -0.2) is 35.3 Å². The van der Waals surface area contributed by atoms with Crippen molar-refractivity contribution in [3.63, 3.8) is 0 Å². The van der Waals surface area contributed by atoms with Gasteiger partial charge in [-0.1, -0.05) is 6.92 Å². The molecule has 1 unspecified atom stereocenters. The number of nitrogens with zero attached hydrogens (tertiary/aromatic N) is 2. The van der Waals surface area contributed by atoms with Crippen molar-refractivity contribution in [2.75, 3.05) is 19.6 Å². The lowest BCUT2D eigenvalue weighted by Crippen LogP contribution is -2.29. The molecule has 2 heterocycles. The van der Waals surface area contributed by atoms with Crippen molar-refractivity contribution in [1.29, 1.82) is 0 Å². The van der Waals surface area contributed by atoms with Gasteiger partial charge in [0, 0.05) is 6.54 Å². The Morgan fingerprint density at radius 3 is 2.77 bits per heavy atom. The van der Waals surface area contributed by atoms with Crippen LogP contribution in [0.4, 0.5) is 0 Å². The van der Waals surface area contributed by atoms with Crippen LogP contribution in [0.1, 0.15) is 56.6 Å². The molecule has 22 heavy (non-hydrogen) atoms. The zero-order valence-electron chi connectivity index (χ0n) is 14.1. The van der Waals surface area contributed by atoms with Gasteiger partial charge in [-0.2, -0.15) is 5.10 Å². The lowest BCUT2D eigenvalue weighted by Gasteiger charge is -2.22. The van der Waals surface area contributed by atoms with Gasteiger partial charge in [-0.3, -0.25) is 9.48 Å². The summed E-state index contributed by atoms with van der Waals surface area (Å²) in [5.41, 5.74) is 1.64. The molecular formula is C16H29ClN4O. The van der Waals surface area contributed by atoms with E-state index < -0.39 is 0 Å². The molecule has 0 bridgehead atoms. The first-order valence-electron chi connectivity index (χ1n) is 7.99.